The van der Waals surface area contributed by atoms with Gasteiger partial charge in [0.25, 0.3) is 5.24 Å². The van der Waals surface area contributed by atoms with Crippen LogP contribution in [0.3, 0.4) is 0 Å². The van der Waals surface area contributed by atoms with Gasteiger partial charge in [0.05, 0.1) is 0 Å². The molecule has 0 radical (unpaired) electrons. The van der Waals surface area contributed by atoms with Gasteiger partial charge in [0.2, 0.25) is 0 Å². The first-order chi connectivity index (χ1) is 11.6. The molecule has 0 N–H and O–H groups in total. The molecule has 3 nitrogen and oxygen atoms in total. The number of nitrogens with zero attached hydrogens (tertiary/aromatic N) is 2. The molecule has 0 saturated heterocycles. The minimum Gasteiger partial charge on any atom is -0.340 e. The number of carbonyl (C=O) groups excluding carboxylic acids is 1. The molecule has 4 heteroatoms. The number of hydrogen-bond donors (Lipinski definition) is 0. The molecular formula is C20H22N2OS. The number of amides is 1. The van der Waals surface area contributed by atoms with Crippen LogP contribution in [0.25, 0.3) is 10.9 Å². The third-order valence-corrected chi connectivity index (χ3v) is 5.10. The highest BCUT2D eigenvalue weighted by atomic mass is 32.2. The van der Waals surface area contributed by atoms with Gasteiger partial charge in [-0.3, -0.25) is 4.79 Å². The number of rotatable bonds is 4. The zero-order valence-corrected chi connectivity index (χ0v) is 15.1. The van der Waals surface area contributed by atoms with Gasteiger partial charge < -0.3 is 9.47 Å². The Morgan fingerprint density at radius 1 is 1.08 bits per heavy atom. The summed E-state index contributed by atoms with van der Waals surface area (Å²) in [6.45, 7) is 3.05. The van der Waals surface area contributed by atoms with Crippen molar-refractivity contribution >= 4 is 27.9 Å². The summed E-state index contributed by atoms with van der Waals surface area (Å²) >= 11 is 1.27. The maximum absolute atomic E-state index is 11.9. The van der Waals surface area contributed by atoms with E-state index in [2.05, 4.69) is 54.0 Å². The molecule has 124 valence electrons. The van der Waals surface area contributed by atoms with Gasteiger partial charge in [-0.25, -0.2) is 0 Å². The number of carbonyl (C=O) groups is 1. The van der Waals surface area contributed by atoms with Crippen molar-refractivity contribution in [1.29, 1.82) is 0 Å². The lowest BCUT2D eigenvalue weighted by atomic mass is 10.2. The Morgan fingerprint density at radius 2 is 1.83 bits per heavy atom. The predicted molar refractivity (Wildman–Crippen MR) is 102 cm³/mol. The van der Waals surface area contributed by atoms with Crippen molar-refractivity contribution in [3.05, 3.63) is 65.9 Å². The molecule has 1 heterocycles. The number of fused-ring (bicyclic) bond motifs is 1. The second-order valence-electron chi connectivity index (χ2n) is 6.04. The van der Waals surface area contributed by atoms with Crippen LogP contribution in [-0.2, 0) is 13.0 Å². The van der Waals surface area contributed by atoms with E-state index in [0.29, 0.717) is 0 Å². The van der Waals surface area contributed by atoms with E-state index >= 15 is 0 Å². The zero-order valence-electron chi connectivity index (χ0n) is 14.3. The number of hydrogen-bond acceptors (Lipinski definition) is 2. The first-order valence-electron chi connectivity index (χ1n) is 8.13. The van der Waals surface area contributed by atoms with Gasteiger partial charge in [-0.2, -0.15) is 0 Å². The van der Waals surface area contributed by atoms with Gasteiger partial charge in [-0.05, 0) is 48.0 Å². The summed E-state index contributed by atoms with van der Waals surface area (Å²) in [7, 11) is 3.55. The Labute approximate surface area is 147 Å². The molecule has 0 aliphatic rings. The van der Waals surface area contributed by atoms with Crippen molar-refractivity contribution in [1.82, 2.24) is 9.47 Å². The molecular weight excluding hydrogens is 316 g/mol. The number of thioether (sulfide) groups is 1. The van der Waals surface area contributed by atoms with E-state index in [9.17, 15) is 4.79 Å². The van der Waals surface area contributed by atoms with Crippen molar-refractivity contribution in [3.63, 3.8) is 0 Å². The Bertz CT molecular complexity index is 853. The zero-order chi connectivity index (χ0) is 17.1. The molecule has 3 aromatic rings. The molecule has 1 aromatic heterocycles. The summed E-state index contributed by atoms with van der Waals surface area (Å²) in [5.41, 5.74) is 3.83. The lowest BCUT2D eigenvalue weighted by Crippen LogP contribution is -2.15. The molecule has 0 unspecified atom stereocenters. The highest BCUT2D eigenvalue weighted by Crippen LogP contribution is 2.28. The second kappa shape index (κ2) is 7.14. The third kappa shape index (κ3) is 3.49. The normalized spacial score (nSPS) is 11.0. The topological polar surface area (TPSA) is 25.2 Å². The predicted octanol–water partition coefficient (Wildman–Crippen LogP) is 5.03. The van der Waals surface area contributed by atoms with Crippen LogP contribution in [0.15, 0.2) is 59.5 Å². The molecule has 0 atom stereocenters. The summed E-state index contributed by atoms with van der Waals surface area (Å²) < 4.78 is 2.37. The van der Waals surface area contributed by atoms with Gasteiger partial charge in [0.15, 0.2) is 0 Å². The van der Waals surface area contributed by atoms with E-state index in [1.54, 1.807) is 19.0 Å². The largest absolute Gasteiger partial charge is 0.340 e. The summed E-state index contributed by atoms with van der Waals surface area (Å²) in [6, 6.07) is 19.0. The average molecular weight is 338 g/mol. The van der Waals surface area contributed by atoms with E-state index in [1.807, 2.05) is 12.1 Å². The van der Waals surface area contributed by atoms with Gasteiger partial charge in [-0.1, -0.05) is 37.3 Å². The lowest BCUT2D eigenvalue weighted by molar-refractivity contribution is 0.241. The van der Waals surface area contributed by atoms with Crippen LogP contribution >= 0.6 is 11.8 Å². The molecule has 3 rings (SSSR count). The summed E-state index contributed by atoms with van der Waals surface area (Å²) in [4.78, 5) is 14.5. The number of benzene rings is 2. The smallest absolute Gasteiger partial charge is 0.285 e. The van der Waals surface area contributed by atoms with Crippen LogP contribution in [-0.4, -0.2) is 28.8 Å². The van der Waals surface area contributed by atoms with Crippen LogP contribution in [0.2, 0.25) is 0 Å². The van der Waals surface area contributed by atoms with Gasteiger partial charge >= 0.3 is 0 Å². The molecule has 0 saturated carbocycles. The summed E-state index contributed by atoms with van der Waals surface area (Å²) in [6.07, 6.45) is 0.987. The summed E-state index contributed by atoms with van der Waals surface area (Å²) in [5, 5.41) is 1.24. The molecule has 1 amide bonds. The van der Waals surface area contributed by atoms with Crippen LogP contribution in [0.1, 0.15) is 18.2 Å². The molecule has 0 bridgehead atoms. The Hall–Kier alpha value is -2.20. The van der Waals surface area contributed by atoms with E-state index < -0.39 is 0 Å². The summed E-state index contributed by atoms with van der Waals surface area (Å²) in [5.74, 6) is 0. The SMILES string of the molecule is CCc1cc2cc(SC(=O)N(C)C)ccc2n1Cc1ccccc1. The first kappa shape index (κ1) is 16.7. The lowest BCUT2D eigenvalue weighted by Gasteiger charge is -2.11. The van der Waals surface area contributed by atoms with Crippen molar-refractivity contribution in [3.8, 4) is 0 Å². The fourth-order valence-electron chi connectivity index (χ4n) is 2.81. The Kier molecular flexibility index (Phi) is 4.95. The van der Waals surface area contributed by atoms with Crippen LogP contribution in [0.4, 0.5) is 4.79 Å². The van der Waals surface area contributed by atoms with Gasteiger partial charge in [-0.15, -0.1) is 0 Å². The molecule has 0 aliphatic heterocycles. The number of aromatic nitrogens is 1. The fraction of sp³-hybridized carbons (Fsp3) is 0.250. The fourth-order valence-corrected chi connectivity index (χ4v) is 3.51. The van der Waals surface area contributed by atoms with Gasteiger partial charge in [0, 0.05) is 42.1 Å². The molecule has 0 aliphatic carbocycles. The molecule has 2 aromatic carbocycles. The minimum absolute atomic E-state index is 0.0498. The second-order valence-corrected chi connectivity index (χ2v) is 7.07. The van der Waals surface area contributed by atoms with Crippen molar-refractivity contribution in [2.24, 2.45) is 0 Å². The minimum atomic E-state index is 0.0498. The van der Waals surface area contributed by atoms with E-state index in [0.717, 1.165) is 17.9 Å². The van der Waals surface area contributed by atoms with Crippen LogP contribution in [0.5, 0.6) is 0 Å². The van der Waals surface area contributed by atoms with E-state index in [4.69, 9.17) is 0 Å². The highest BCUT2D eigenvalue weighted by Gasteiger charge is 2.11. The highest BCUT2D eigenvalue weighted by molar-refractivity contribution is 8.13. The number of aryl methyl sites for hydroxylation is 1. The quantitative estimate of drug-likeness (QED) is 0.624. The van der Waals surface area contributed by atoms with Crippen LogP contribution < -0.4 is 0 Å². The average Bonchev–Trinajstić information content (AvgIpc) is 2.92. The van der Waals surface area contributed by atoms with Gasteiger partial charge in [0.1, 0.15) is 0 Å². The van der Waals surface area contributed by atoms with E-state index in [1.165, 1.54) is 33.9 Å². The van der Waals surface area contributed by atoms with Crippen molar-refractivity contribution < 1.29 is 4.79 Å². The maximum atomic E-state index is 11.9. The Balaban J connectivity index is 1.96. The van der Waals surface area contributed by atoms with Crippen molar-refractivity contribution in [2.45, 2.75) is 24.8 Å². The molecule has 0 spiro atoms. The first-order valence-corrected chi connectivity index (χ1v) is 8.95. The van der Waals surface area contributed by atoms with Crippen molar-refractivity contribution in [2.75, 3.05) is 14.1 Å². The molecule has 0 fully saturated rings. The third-order valence-electron chi connectivity index (χ3n) is 4.07. The monoisotopic (exact) mass is 338 g/mol. The Morgan fingerprint density at radius 3 is 2.50 bits per heavy atom. The molecule has 24 heavy (non-hydrogen) atoms. The standard InChI is InChI=1S/C20H22N2OS/c1-4-17-12-16-13-18(24-20(23)21(2)3)10-11-19(16)22(17)14-15-8-6-5-7-9-15/h5-13H,4,14H2,1-3H3. The van der Waals surface area contributed by atoms with E-state index in [-0.39, 0.29) is 5.24 Å². The van der Waals surface area contributed by atoms with Crippen LogP contribution in [0, 0.1) is 0 Å². The maximum Gasteiger partial charge on any atom is 0.285 e.